The highest BCUT2D eigenvalue weighted by molar-refractivity contribution is 6.04. The summed E-state index contributed by atoms with van der Waals surface area (Å²) in [5.41, 5.74) is 1.32. The number of esters is 2. The van der Waals surface area contributed by atoms with E-state index >= 15 is 0 Å². The van der Waals surface area contributed by atoms with Gasteiger partial charge in [-0.3, -0.25) is 9.59 Å². The van der Waals surface area contributed by atoms with E-state index in [0.717, 1.165) is 17.7 Å². The van der Waals surface area contributed by atoms with Gasteiger partial charge in [0.05, 0.1) is 31.5 Å². The minimum atomic E-state index is -2.10. The summed E-state index contributed by atoms with van der Waals surface area (Å²) < 4.78 is 29.5. The number of Topliss-reactive ketones (excluding diaryl/α,β-unsaturated/α-hetero) is 1. The molecule has 1 fully saturated rings. The van der Waals surface area contributed by atoms with Gasteiger partial charge in [-0.1, -0.05) is 89.1 Å². The summed E-state index contributed by atoms with van der Waals surface area (Å²) in [4.78, 5) is 51.4. The number of carbonyl (C=O) groups is 4. The number of methoxy groups -OCH3 is 2. The number of ether oxygens (including phenoxy) is 5. The minimum Gasteiger partial charge on any atom is -0.510 e. The van der Waals surface area contributed by atoms with Gasteiger partial charge in [0.2, 0.25) is 11.7 Å². The Balaban J connectivity index is 1.97. The molecule has 0 saturated carbocycles. The Morgan fingerprint density at radius 1 is 1.06 bits per heavy atom. The van der Waals surface area contributed by atoms with Crippen molar-refractivity contribution < 1.29 is 68.4 Å². The molecule has 14 atom stereocenters. The number of rotatable bonds is 12. The first-order valence-corrected chi connectivity index (χ1v) is 21.9. The van der Waals surface area contributed by atoms with Crippen LogP contribution in [0.5, 0.6) is 0 Å². The van der Waals surface area contributed by atoms with Crippen LogP contribution in [0.15, 0.2) is 83.0 Å². The van der Waals surface area contributed by atoms with Crippen molar-refractivity contribution in [3.8, 4) is 0 Å². The lowest BCUT2D eigenvalue weighted by Crippen LogP contribution is -2.58. The van der Waals surface area contributed by atoms with Gasteiger partial charge in [-0.15, -0.1) is 0 Å². The van der Waals surface area contributed by atoms with Gasteiger partial charge >= 0.3 is 11.9 Å². The van der Waals surface area contributed by atoms with Crippen molar-refractivity contribution in [1.29, 1.82) is 0 Å². The second-order valence-corrected chi connectivity index (χ2v) is 17.4. The van der Waals surface area contributed by atoms with E-state index in [2.05, 4.69) is 5.32 Å². The maximum atomic E-state index is 13.9. The Morgan fingerprint density at radius 3 is 2.33 bits per heavy atom. The predicted molar refractivity (Wildman–Crippen MR) is 235 cm³/mol. The number of amides is 1. The quantitative estimate of drug-likeness (QED) is 0.0825. The van der Waals surface area contributed by atoms with Crippen LogP contribution in [-0.4, -0.2) is 112 Å². The molecule has 0 aromatic rings. The van der Waals surface area contributed by atoms with Crippen LogP contribution in [0, 0.1) is 35.5 Å². The molecule has 6 N–H and O–H groups in total. The molecule has 1 unspecified atom stereocenters. The smallest absolute Gasteiger partial charge is 0.373 e. The predicted octanol–water partition coefficient (Wildman–Crippen LogP) is 5.36. The molecule has 15 heteroatoms. The van der Waals surface area contributed by atoms with Crippen molar-refractivity contribution in [2.24, 2.45) is 35.5 Å². The van der Waals surface area contributed by atoms with E-state index in [9.17, 15) is 44.7 Å². The highest BCUT2D eigenvalue weighted by Crippen LogP contribution is 2.41. The average molecular weight is 886 g/mol. The molecule has 3 aliphatic rings. The van der Waals surface area contributed by atoms with Gasteiger partial charge in [0.15, 0.2) is 11.6 Å². The molecule has 0 aromatic heterocycles. The molecule has 2 aliphatic heterocycles. The summed E-state index contributed by atoms with van der Waals surface area (Å²) in [6.45, 7) is 16.1. The molecule has 15 nitrogen and oxygen atoms in total. The number of allylic oxidation sites excluding steroid dienone is 8. The number of hydrogen-bond acceptors (Lipinski definition) is 14. The number of hydrogen-bond donors (Lipinski definition) is 6. The number of ketones is 1. The van der Waals surface area contributed by atoms with E-state index in [1.807, 2.05) is 33.8 Å². The van der Waals surface area contributed by atoms with E-state index in [1.54, 1.807) is 65.0 Å². The monoisotopic (exact) mass is 885 g/mol. The summed E-state index contributed by atoms with van der Waals surface area (Å²) in [6.07, 6.45) is 7.80. The SMILES string of the molecule is C/C=C\[C@H]1O[C@@](O)([C@@H](C)[C@H](O)[C@H](C)C2OC(=O)/C(OC)=C\C(C)=C/[C@@H](C)[C@@H](O)[C@@H](CC)[C@@H](O)[C@H](C)C/C(C)=C\C=C/[C@@H]2OC)C[C@@H](OC(=O)/C=C/C(=O)NC2=C(O)CCC2=O)[C@@H]1C. The van der Waals surface area contributed by atoms with Crippen molar-refractivity contribution in [1.82, 2.24) is 5.32 Å². The maximum absolute atomic E-state index is 13.9. The molecule has 63 heavy (non-hydrogen) atoms. The van der Waals surface area contributed by atoms with Gasteiger partial charge in [0.25, 0.3) is 0 Å². The highest BCUT2D eigenvalue weighted by Gasteiger charge is 2.52. The van der Waals surface area contributed by atoms with Gasteiger partial charge in [-0.2, -0.15) is 0 Å². The molecule has 2 heterocycles. The minimum absolute atomic E-state index is 0.0618. The third kappa shape index (κ3) is 14.1. The second kappa shape index (κ2) is 24.1. The highest BCUT2D eigenvalue weighted by atomic mass is 16.6. The van der Waals surface area contributed by atoms with Crippen LogP contribution in [0.25, 0.3) is 0 Å². The molecule has 0 radical (unpaired) electrons. The molecule has 0 aromatic carbocycles. The summed E-state index contributed by atoms with van der Waals surface area (Å²) >= 11 is 0. The van der Waals surface area contributed by atoms with Crippen molar-refractivity contribution >= 4 is 23.6 Å². The number of nitrogens with one attached hydrogen (secondary N) is 1. The average Bonchev–Trinajstić information content (AvgIpc) is 3.55. The van der Waals surface area contributed by atoms with Crippen LogP contribution in [-0.2, 0) is 42.9 Å². The van der Waals surface area contributed by atoms with Crippen molar-refractivity contribution in [2.45, 2.75) is 143 Å². The summed E-state index contributed by atoms with van der Waals surface area (Å²) in [7, 11) is 2.75. The Labute approximate surface area is 372 Å². The van der Waals surface area contributed by atoms with Crippen LogP contribution >= 0.6 is 0 Å². The molecule has 1 aliphatic carbocycles. The first-order valence-electron chi connectivity index (χ1n) is 21.9. The van der Waals surface area contributed by atoms with Crippen LogP contribution < -0.4 is 5.32 Å². The molecule has 0 bridgehead atoms. The zero-order valence-electron chi connectivity index (χ0n) is 38.6. The fourth-order valence-corrected chi connectivity index (χ4v) is 8.59. The van der Waals surface area contributed by atoms with Crippen LogP contribution in [0.2, 0.25) is 0 Å². The molecule has 1 saturated heterocycles. The van der Waals surface area contributed by atoms with E-state index in [1.165, 1.54) is 20.3 Å². The Bertz CT molecular complexity index is 1830. The first-order chi connectivity index (χ1) is 29.6. The fraction of sp³-hybridized carbons (Fsp3) is 0.625. The molecular formula is C48H71NO14. The fourth-order valence-electron chi connectivity index (χ4n) is 8.59. The van der Waals surface area contributed by atoms with Gasteiger partial charge in [0, 0.05) is 68.1 Å². The summed E-state index contributed by atoms with van der Waals surface area (Å²) in [5.74, 6) is -8.99. The summed E-state index contributed by atoms with van der Waals surface area (Å²) in [5, 5.41) is 59.2. The number of aliphatic hydroxyl groups excluding tert-OH is 4. The molecule has 352 valence electrons. The van der Waals surface area contributed by atoms with Gasteiger partial charge in [-0.25, -0.2) is 9.59 Å². The van der Waals surface area contributed by atoms with Gasteiger partial charge in [0.1, 0.15) is 29.8 Å². The van der Waals surface area contributed by atoms with Crippen LogP contribution in [0.3, 0.4) is 0 Å². The molecule has 3 rings (SSSR count). The standard InChI is InChI=1S/C48H71NO14/c1-12-15-36-30(7)39(61-41(53)21-20-40(52)49-42-34(50)18-19-35(42)51)25-48(58,63-36)32(9)45(56)31(8)46-37(59-10)17-14-16-26(3)22-28(5)43(54)33(13-2)44(55)29(6)23-27(4)24-38(60-11)47(57)62-46/h12,14-17,20-21,23-24,28-33,36-37,39,43-46,50,54-56,58H,13,18-19,22,25H2,1-11H3,(H,49,52)/b15-12-,17-14-,21-20+,26-16-,27-23-,38-24+/t28-,29-,30-,31+,32+,33+,36-,37+,39-,43+,44-,45-,46?,48-/m1/s1. The lowest BCUT2D eigenvalue weighted by atomic mass is 9.77. The number of carbonyl (C=O) groups excluding carboxylic acids is 4. The zero-order chi connectivity index (χ0) is 47.3. The molecule has 1 amide bonds. The third-order valence-electron chi connectivity index (χ3n) is 12.6. The molecular weight excluding hydrogens is 815 g/mol. The summed E-state index contributed by atoms with van der Waals surface area (Å²) in [6, 6.07) is 0. The van der Waals surface area contributed by atoms with E-state index in [0.29, 0.717) is 18.4 Å². The molecule has 0 spiro atoms. The van der Waals surface area contributed by atoms with Gasteiger partial charge < -0.3 is 54.5 Å². The van der Waals surface area contributed by atoms with Crippen molar-refractivity contribution in [2.75, 3.05) is 14.2 Å². The van der Waals surface area contributed by atoms with Crippen LogP contribution in [0.1, 0.15) is 94.4 Å². The Morgan fingerprint density at radius 2 is 1.75 bits per heavy atom. The van der Waals surface area contributed by atoms with E-state index < -0.39 is 95.8 Å². The number of aliphatic hydroxyl groups is 5. The van der Waals surface area contributed by atoms with Gasteiger partial charge in [-0.05, 0) is 45.6 Å². The third-order valence-corrected chi connectivity index (χ3v) is 12.6. The van der Waals surface area contributed by atoms with Crippen molar-refractivity contribution in [3.63, 3.8) is 0 Å². The van der Waals surface area contributed by atoms with E-state index in [-0.39, 0.29) is 48.3 Å². The second-order valence-electron chi connectivity index (χ2n) is 17.4. The maximum Gasteiger partial charge on any atom is 0.373 e. The van der Waals surface area contributed by atoms with Crippen molar-refractivity contribution in [3.05, 3.63) is 83.0 Å². The Hall–Kier alpha value is -4.38. The largest absolute Gasteiger partial charge is 0.510 e. The lowest BCUT2D eigenvalue weighted by Gasteiger charge is -2.48. The normalized spacial score (nSPS) is 36.4. The Kier molecular flexibility index (Phi) is 20.2. The van der Waals surface area contributed by atoms with Crippen LogP contribution in [0.4, 0.5) is 0 Å². The first kappa shape index (κ1) is 53.0. The zero-order valence-corrected chi connectivity index (χ0v) is 38.6. The van der Waals surface area contributed by atoms with E-state index in [4.69, 9.17) is 23.7 Å². The number of cyclic esters (lactones) is 1. The topological polar surface area (TPSA) is 228 Å². The lowest BCUT2D eigenvalue weighted by molar-refractivity contribution is -0.314.